The zero-order valence-electron chi connectivity index (χ0n) is 8.53. The van der Waals surface area contributed by atoms with Crippen molar-refractivity contribution in [3.63, 3.8) is 0 Å². The van der Waals surface area contributed by atoms with E-state index in [2.05, 4.69) is 6.92 Å². The summed E-state index contributed by atoms with van der Waals surface area (Å²) in [4.78, 5) is 11.7. The summed E-state index contributed by atoms with van der Waals surface area (Å²) in [6.45, 7) is 2.51. The van der Waals surface area contributed by atoms with Crippen LogP contribution in [-0.2, 0) is 11.2 Å². The van der Waals surface area contributed by atoms with Gasteiger partial charge in [-0.05, 0) is 18.1 Å². The lowest BCUT2D eigenvalue weighted by molar-refractivity contribution is -0.122. The molecule has 0 aromatic carbocycles. The fourth-order valence-corrected chi connectivity index (χ4v) is 1.50. The van der Waals surface area contributed by atoms with Crippen LogP contribution in [-0.4, -0.2) is 12.3 Å². The van der Waals surface area contributed by atoms with Gasteiger partial charge in [0.15, 0.2) is 0 Å². The number of nitrogens with two attached hydrogens (primary N) is 1. The summed E-state index contributed by atoms with van der Waals surface area (Å²) in [6, 6.07) is 1.82. The molecule has 14 heavy (non-hydrogen) atoms. The van der Waals surface area contributed by atoms with Crippen LogP contribution in [0.1, 0.15) is 25.3 Å². The molecule has 1 aromatic rings. The third-order valence-corrected chi connectivity index (χ3v) is 2.34. The van der Waals surface area contributed by atoms with E-state index >= 15 is 0 Å². The highest BCUT2D eigenvalue weighted by Gasteiger charge is 2.16. The lowest BCUT2D eigenvalue weighted by Gasteiger charge is -2.11. The first-order valence-corrected chi connectivity index (χ1v) is 5.01. The second kappa shape index (κ2) is 5.60. The van der Waals surface area contributed by atoms with Crippen molar-refractivity contribution in [3.8, 4) is 0 Å². The molecule has 1 rings (SSSR count). The molecule has 1 atom stereocenters. The molecule has 78 valence electrons. The Hall–Kier alpha value is -1.09. The molecule has 0 spiro atoms. The number of carbonyl (C=O) groups excluding carboxylic acids is 1. The number of furan rings is 1. The molecule has 0 saturated carbocycles. The highest BCUT2D eigenvalue weighted by Crippen LogP contribution is 2.10. The van der Waals surface area contributed by atoms with Crippen molar-refractivity contribution in [1.82, 2.24) is 0 Å². The number of Topliss-reactive ketones (excluding diaryl/α,β-unsaturated/α-hetero) is 1. The van der Waals surface area contributed by atoms with Crippen LogP contribution in [0.2, 0.25) is 0 Å². The van der Waals surface area contributed by atoms with Crippen molar-refractivity contribution in [1.29, 1.82) is 0 Å². The Balaban J connectivity index is 2.47. The molecular formula is C11H17NO2. The molecule has 2 N–H and O–H groups in total. The fourth-order valence-electron chi connectivity index (χ4n) is 1.50. The molecule has 3 heteroatoms. The van der Waals surface area contributed by atoms with E-state index < -0.39 is 0 Å². The quantitative estimate of drug-likeness (QED) is 0.752. The van der Waals surface area contributed by atoms with Gasteiger partial charge in [0.05, 0.1) is 12.5 Å². The van der Waals surface area contributed by atoms with Gasteiger partial charge in [-0.25, -0.2) is 0 Å². The predicted molar refractivity (Wildman–Crippen MR) is 54.9 cm³/mol. The second-order valence-corrected chi connectivity index (χ2v) is 3.50. The summed E-state index contributed by atoms with van der Waals surface area (Å²) in [5.41, 5.74) is 6.48. The summed E-state index contributed by atoms with van der Waals surface area (Å²) >= 11 is 0. The van der Waals surface area contributed by atoms with Crippen molar-refractivity contribution >= 4 is 5.78 Å². The van der Waals surface area contributed by atoms with E-state index in [0.29, 0.717) is 13.0 Å². The zero-order valence-corrected chi connectivity index (χ0v) is 8.53. The van der Waals surface area contributed by atoms with E-state index in [1.807, 2.05) is 6.07 Å². The summed E-state index contributed by atoms with van der Waals surface area (Å²) in [6.07, 6.45) is 5.52. The average molecular weight is 195 g/mol. The van der Waals surface area contributed by atoms with Crippen LogP contribution >= 0.6 is 0 Å². The normalized spacial score (nSPS) is 12.7. The smallest absolute Gasteiger partial charge is 0.141 e. The molecule has 0 amide bonds. The molecular weight excluding hydrogens is 178 g/mol. The standard InChI is InChI=1S/C11H17NO2/c1-2-3-10(7-12)11(13)6-9-4-5-14-8-9/h4-5,8,10H,2-3,6-7,12H2,1H3. The maximum atomic E-state index is 11.7. The van der Waals surface area contributed by atoms with Crippen LogP contribution in [0.5, 0.6) is 0 Å². The molecule has 0 bridgehead atoms. The summed E-state index contributed by atoms with van der Waals surface area (Å²) in [7, 11) is 0. The first-order chi connectivity index (χ1) is 6.77. The second-order valence-electron chi connectivity index (χ2n) is 3.50. The molecule has 0 saturated heterocycles. The Labute approximate surface area is 84.3 Å². The SMILES string of the molecule is CCCC(CN)C(=O)Cc1ccoc1. The highest BCUT2D eigenvalue weighted by atomic mass is 16.3. The van der Waals surface area contributed by atoms with Gasteiger partial charge >= 0.3 is 0 Å². The molecule has 0 aliphatic heterocycles. The summed E-state index contributed by atoms with van der Waals surface area (Å²) in [5, 5.41) is 0. The van der Waals surface area contributed by atoms with E-state index in [4.69, 9.17) is 10.2 Å². The van der Waals surface area contributed by atoms with Gasteiger partial charge in [0.2, 0.25) is 0 Å². The Morgan fingerprint density at radius 2 is 2.43 bits per heavy atom. The van der Waals surface area contributed by atoms with E-state index in [-0.39, 0.29) is 11.7 Å². The predicted octanol–water partition coefficient (Wildman–Crippen LogP) is 1.77. The van der Waals surface area contributed by atoms with Gasteiger partial charge in [0.25, 0.3) is 0 Å². The number of hydrogen-bond donors (Lipinski definition) is 1. The van der Waals surface area contributed by atoms with Crippen LogP contribution in [0.4, 0.5) is 0 Å². The summed E-state index contributed by atoms with van der Waals surface area (Å²) in [5.74, 6) is 0.227. The maximum Gasteiger partial charge on any atom is 0.141 e. The number of rotatable bonds is 6. The van der Waals surface area contributed by atoms with Crippen LogP contribution in [0.15, 0.2) is 23.0 Å². The molecule has 0 aliphatic carbocycles. The molecule has 1 heterocycles. The monoisotopic (exact) mass is 195 g/mol. The minimum Gasteiger partial charge on any atom is -0.472 e. The first-order valence-electron chi connectivity index (χ1n) is 5.01. The Morgan fingerprint density at radius 3 is 2.93 bits per heavy atom. The Kier molecular flexibility index (Phi) is 4.40. The summed E-state index contributed by atoms with van der Waals surface area (Å²) < 4.78 is 4.91. The Bertz CT molecular complexity index is 267. The lowest BCUT2D eigenvalue weighted by Crippen LogP contribution is -2.24. The Morgan fingerprint density at radius 1 is 1.64 bits per heavy atom. The molecule has 0 fully saturated rings. The van der Waals surface area contributed by atoms with Crippen LogP contribution in [0.3, 0.4) is 0 Å². The fraction of sp³-hybridized carbons (Fsp3) is 0.545. The van der Waals surface area contributed by atoms with Gasteiger partial charge in [0.1, 0.15) is 5.78 Å². The third kappa shape index (κ3) is 3.00. The molecule has 1 aromatic heterocycles. The van der Waals surface area contributed by atoms with Gasteiger partial charge in [-0.15, -0.1) is 0 Å². The van der Waals surface area contributed by atoms with Crippen molar-refractivity contribution < 1.29 is 9.21 Å². The van der Waals surface area contributed by atoms with Gasteiger partial charge < -0.3 is 10.2 Å². The van der Waals surface area contributed by atoms with Gasteiger partial charge in [-0.1, -0.05) is 13.3 Å². The minimum absolute atomic E-state index is 0.00917. The van der Waals surface area contributed by atoms with Crippen molar-refractivity contribution in [2.24, 2.45) is 11.7 Å². The molecule has 1 unspecified atom stereocenters. The van der Waals surface area contributed by atoms with Crippen molar-refractivity contribution in [3.05, 3.63) is 24.2 Å². The molecule has 3 nitrogen and oxygen atoms in total. The number of hydrogen-bond acceptors (Lipinski definition) is 3. The molecule has 0 aliphatic rings. The molecule has 0 radical (unpaired) electrons. The maximum absolute atomic E-state index is 11.7. The number of carbonyl (C=O) groups is 1. The average Bonchev–Trinajstić information content (AvgIpc) is 2.66. The van der Waals surface area contributed by atoms with Crippen LogP contribution in [0.25, 0.3) is 0 Å². The van der Waals surface area contributed by atoms with Gasteiger partial charge in [0, 0.05) is 18.9 Å². The highest BCUT2D eigenvalue weighted by molar-refractivity contribution is 5.83. The van der Waals surface area contributed by atoms with Crippen LogP contribution < -0.4 is 5.73 Å². The van der Waals surface area contributed by atoms with E-state index in [0.717, 1.165) is 18.4 Å². The van der Waals surface area contributed by atoms with E-state index in [1.165, 1.54) is 0 Å². The lowest BCUT2D eigenvalue weighted by atomic mass is 9.95. The van der Waals surface area contributed by atoms with E-state index in [1.54, 1.807) is 12.5 Å². The van der Waals surface area contributed by atoms with Crippen molar-refractivity contribution in [2.45, 2.75) is 26.2 Å². The van der Waals surface area contributed by atoms with Gasteiger partial charge in [-0.2, -0.15) is 0 Å². The van der Waals surface area contributed by atoms with Crippen LogP contribution in [0, 0.1) is 5.92 Å². The first kappa shape index (κ1) is 11.0. The number of ketones is 1. The van der Waals surface area contributed by atoms with Gasteiger partial charge in [-0.3, -0.25) is 4.79 Å². The van der Waals surface area contributed by atoms with E-state index in [9.17, 15) is 4.79 Å². The third-order valence-electron chi connectivity index (χ3n) is 2.34. The topological polar surface area (TPSA) is 56.2 Å². The minimum atomic E-state index is 0.00917. The van der Waals surface area contributed by atoms with Crippen molar-refractivity contribution in [2.75, 3.05) is 6.54 Å². The zero-order chi connectivity index (χ0) is 10.4. The largest absolute Gasteiger partial charge is 0.472 e.